The van der Waals surface area contributed by atoms with Crippen molar-refractivity contribution in [2.75, 3.05) is 5.73 Å². The molecule has 0 amide bonds. The maximum atomic E-state index is 5.58. The van der Waals surface area contributed by atoms with E-state index in [1.54, 1.807) is 12.4 Å². The Balaban J connectivity index is 2.41. The summed E-state index contributed by atoms with van der Waals surface area (Å²) in [6, 6.07) is 1.87. The van der Waals surface area contributed by atoms with Gasteiger partial charge in [-0.25, -0.2) is 15.0 Å². The van der Waals surface area contributed by atoms with E-state index in [1.165, 1.54) is 11.3 Å². The molecule has 4 nitrogen and oxygen atoms in total. The molecule has 0 aliphatic heterocycles. The van der Waals surface area contributed by atoms with Crippen LogP contribution < -0.4 is 5.73 Å². The zero-order valence-corrected chi connectivity index (χ0v) is 9.45. The third-order valence-electron chi connectivity index (χ3n) is 1.97. The van der Waals surface area contributed by atoms with Crippen LogP contribution in [0.1, 0.15) is 25.6 Å². The standard InChI is InChI=1S/C10H12N4S/c1-6(2)9-12-4-3-7(14-9)8-5-13-10(11)15-8/h3-6H,1-2H3,(H2,11,13). The summed E-state index contributed by atoms with van der Waals surface area (Å²) in [4.78, 5) is 13.7. The molecule has 2 aromatic rings. The van der Waals surface area contributed by atoms with E-state index in [0.29, 0.717) is 11.0 Å². The van der Waals surface area contributed by atoms with Crippen molar-refractivity contribution in [3.8, 4) is 10.6 Å². The SMILES string of the molecule is CC(C)c1nccc(-c2cnc(N)s2)n1. The summed E-state index contributed by atoms with van der Waals surface area (Å²) in [6.07, 6.45) is 3.51. The van der Waals surface area contributed by atoms with Crippen molar-refractivity contribution in [3.05, 3.63) is 24.3 Å². The molecular weight excluding hydrogens is 208 g/mol. The average molecular weight is 220 g/mol. The Morgan fingerprint density at radius 1 is 1.33 bits per heavy atom. The lowest BCUT2D eigenvalue weighted by atomic mass is 10.2. The smallest absolute Gasteiger partial charge is 0.180 e. The van der Waals surface area contributed by atoms with Gasteiger partial charge in [-0.1, -0.05) is 25.2 Å². The fraction of sp³-hybridized carbons (Fsp3) is 0.300. The van der Waals surface area contributed by atoms with Gasteiger partial charge in [-0.3, -0.25) is 0 Å². The highest BCUT2D eigenvalue weighted by Crippen LogP contribution is 2.25. The van der Waals surface area contributed by atoms with Crippen LogP contribution in [-0.2, 0) is 0 Å². The lowest BCUT2D eigenvalue weighted by Gasteiger charge is -2.03. The van der Waals surface area contributed by atoms with Gasteiger partial charge in [0, 0.05) is 18.3 Å². The summed E-state index contributed by atoms with van der Waals surface area (Å²) in [5.41, 5.74) is 6.47. The highest BCUT2D eigenvalue weighted by Gasteiger charge is 2.07. The van der Waals surface area contributed by atoms with Gasteiger partial charge in [0.2, 0.25) is 0 Å². The van der Waals surface area contributed by atoms with Gasteiger partial charge in [-0.15, -0.1) is 0 Å². The first-order chi connectivity index (χ1) is 7.16. The molecule has 0 aliphatic rings. The number of aromatic nitrogens is 3. The highest BCUT2D eigenvalue weighted by atomic mass is 32.1. The molecule has 0 saturated heterocycles. The second-order valence-electron chi connectivity index (χ2n) is 3.52. The molecule has 0 unspecified atom stereocenters. The normalized spacial score (nSPS) is 10.9. The zero-order chi connectivity index (χ0) is 10.8. The Bertz CT molecular complexity index is 464. The molecule has 0 fully saturated rings. The van der Waals surface area contributed by atoms with E-state index in [-0.39, 0.29) is 0 Å². The lowest BCUT2D eigenvalue weighted by molar-refractivity contribution is 0.776. The van der Waals surface area contributed by atoms with Gasteiger partial charge in [0.05, 0.1) is 10.6 Å². The summed E-state index contributed by atoms with van der Waals surface area (Å²) in [6.45, 7) is 4.14. The minimum absolute atomic E-state index is 0.329. The maximum absolute atomic E-state index is 5.58. The molecular formula is C10H12N4S. The lowest BCUT2D eigenvalue weighted by Crippen LogP contribution is -1.97. The van der Waals surface area contributed by atoms with Gasteiger partial charge in [0.1, 0.15) is 5.82 Å². The van der Waals surface area contributed by atoms with Crippen LogP contribution in [0.5, 0.6) is 0 Å². The van der Waals surface area contributed by atoms with Crippen molar-refractivity contribution in [3.63, 3.8) is 0 Å². The third kappa shape index (κ3) is 2.12. The number of nitrogens with zero attached hydrogens (tertiary/aromatic N) is 3. The summed E-state index contributed by atoms with van der Waals surface area (Å²) >= 11 is 1.44. The minimum atomic E-state index is 0.329. The number of nitrogens with two attached hydrogens (primary N) is 1. The van der Waals surface area contributed by atoms with Gasteiger partial charge >= 0.3 is 0 Å². The molecule has 0 atom stereocenters. The van der Waals surface area contributed by atoms with Crippen molar-refractivity contribution in [1.82, 2.24) is 15.0 Å². The molecule has 0 aliphatic carbocycles. The van der Waals surface area contributed by atoms with Crippen LogP contribution in [0.25, 0.3) is 10.6 Å². The van der Waals surface area contributed by atoms with Crippen molar-refractivity contribution >= 4 is 16.5 Å². The molecule has 2 rings (SSSR count). The molecule has 0 radical (unpaired) electrons. The molecule has 2 N–H and O–H groups in total. The average Bonchev–Trinajstić information content (AvgIpc) is 2.65. The van der Waals surface area contributed by atoms with E-state index in [2.05, 4.69) is 28.8 Å². The largest absolute Gasteiger partial charge is 0.375 e. The second kappa shape index (κ2) is 3.94. The monoisotopic (exact) mass is 220 g/mol. The first-order valence-corrected chi connectivity index (χ1v) is 5.53. The predicted octanol–water partition coefficient (Wildman–Crippen LogP) is 2.31. The van der Waals surface area contributed by atoms with E-state index in [1.807, 2.05) is 6.07 Å². The Labute approximate surface area is 92.2 Å². The zero-order valence-electron chi connectivity index (χ0n) is 8.64. The van der Waals surface area contributed by atoms with Crippen molar-refractivity contribution in [2.24, 2.45) is 0 Å². The molecule has 5 heteroatoms. The third-order valence-corrected chi connectivity index (χ3v) is 2.82. The Morgan fingerprint density at radius 3 is 2.73 bits per heavy atom. The van der Waals surface area contributed by atoms with Crippen molar-refractivity contribution in [2.45, 2.75) is 19.8 Å². The van der Waals surface area contributed by atoms with E-state index in [0.717, 1.165) is 16.4 Å². The topological polar surface area (TPSA) is 64.7 Å². The first kappa shape index (κ1) is 10.0. The van der Waals surface area contributed by atoms with E-state index in [4.69, 9.17) is 5.73 Å². The van der Waals surface area contributed by atoms with Crippen molar-refractivity contribution < 1.29 is 0 Å². The summed E-state index contributed by atoms with van der Waals surface area (Å²) in [5.74, 6) is 1.18. The van der Waals surface area contributed by atoms with E-state index >= 15 is 0 Å². The van der Waals surface area contributed by atoms with Gasteiger partial charge < -0.3 is 5.73 Å². The Kier molecular flexibility index (Phi) is 2.64. The predicted molar refractivity (Wildman–Crippen MR) is 61.6 cm³/mol. The molecule has 78 valence electrons. The van der Waals surface area contributed by atoms with Crippen LogP contribution in [0.3, 0.4) is 0 Å². The van der Waals surface area contributed by atoms with Gasteiger partial charge in [0.25, 0.3) is 0 Å². The Morgan fingerprint density at radius 2 is 2.13 bits per heavy atom. The van der Waals surface area contributed by atoms with Crippen LogP contribution in [0.2, 0.25) is 0 Å². The van der Waals surface area contributed by atoms with Gasteiger partial charge in [-0.2, -0.15) is 0 Å². The molecule has 2 aromatic heterocycles. The van der Waals surface area contributed by atoms with Crippen molar-refractivity contribution in [1.29, 1.82) is 0 Å². The summed E-state index contributed by atoms with van der Waals surface area (Å²) < 4.78 is 0. The molecule has 15 heavy (non-hydrogen) atoms. The van der Waals surface area contributed by atoms with Crippen LogP contribution >= 0.6 is 11.3 Å². The van der Waals surface area contributed by atoms with E-state index < -0.39 is 0 Å². The quantitative estimate of drug-likeness (QED) is 0.843. The minimum Gasteiger partial charge on any atom is -0.375 e. The first-order valence-electron chi connectivity index (χ1n) is 4.71. The molecule has 0 spiro atoms. The van der Waals surface area contributed by atoms with Crippen LogP contribution in [-0.4, -0.2) is 15.0 Å². The molecule has 0 saturated carbocycles. The number of anilines is 1. The number of nitrogen functional groups attached to an aromatic ring is 1. The fourth-order valence-corrected chi connectivity index (χ4v) is 1.85. The molecule has 2 heterocycles. The maximum Gasteiger partial charge on any atom is 0.180 e. The van der Waals surface area contributed by atoms with Gasteiger partial charge in [-0.05, 0) is 6.07 Å². The summed E-state index contributed by atoms with van der Waals surface area (Å²) in [7, 11) is 0. The number of rotatable bonds is 2. The van der Waals surface area contributed by atoms with E-state index in [9.17, 15) is 0 Å². The fourth-order valence-electron chi connectivity index (χ4n) is 1.20. The highest BCUT2D eigenvalue weighted by molar-refractivity contribution is 7.18. The number of hydrogen-bond donors (Lipinski definition) is 1. The van der Waals surface area contributed by atoms with Gasteiger partial charge in [0.15, 0.2) is 5.13 Å². The molecule has 0 bridgehead atoms. The summed E-state index contributed by atoms with van der Waals surface area (Å²) in [5, 5.41) is 0.565. The number of hydrogen-bond acceptors (Lipinski definition) is 5. The van der Waals surface area contributed by atoms with Crippen LogP contribution in [0.15, 0.2) is 18.5 Å². The Hall–Kier alpha value is -1.49. The second-order valence-corrected chi connectivity index (χ2v) is 4.58. The van der Waals surface area contributed by atoms with Crippen LogP contribution in [0.4, 0.5) is 5.13 Å². The molecule has 0 aromatic carbocycles. The van der Waals surface area contributed by atoms with Crippen LogP contribution in [0, 0.1) is 0 Å². The number of thiazole rings is 1.